The van der Waals surface area contributed by atoms with Crippen LogP contribution in [0.3, 0.4) is 0 Å². The Balaban J connectivity index is 1.51. The van der Waals surface area contributed by atoms with Crippen LogP contribution in [-0.2, 0) is 9.59 Å². The third-order valence-electron chi connectivity index (χ3n) is 5.65. The van der Waals surface area contributed by atoms with Crippen LogP contribution in [0, 0.1) is 11.3 Å². The second kappa shape index (κ2) is 8.32. The molecule has 1 atom stereocenters. The van der Waals surface area contributed by atoms with Gasteiger partial charge in [0.25, 0.3) is 0 Å². The summed E-state index contributed by atoms with van der Waals surface area (Å²) in [4.78, 5) is 29.5. The van der Waals surface area contributed by atoms with Crippen molar-refractivity contribution in [2.24, 2.45) is 11.3 Å². The fourth-order valence-corrected chi connectivity index (χ4v) is 4.11. The van der Waals surface area contributed by atoms with E-state index in [-0.39, 0.29) is 23.1 Å². The fraction of sp³-hybridized carbons (Fsp3) is 0.636. The number of nitrogens with zero attached hydrogens (tertiary/aromatic N) is 2. The van der Waals surface area contributed by atoms with Gasteiger partial charge < -0.3 is 15.1 Å². The number of benzene rings is 1. The molecule has 0 spiro atoms. The number of hydrogen-bond donors (Lipinski definition) is 1. The number of carbonyl (C=O) groups is 2. The largest absolute Gasteiger partial charge is 0.382 e. The monoisotopic (exact) mass is 371 g/mol. The predicted molar refractivity (Wildman–Crippen MR) is 108 cm³/mol. The number of rotatable bonds is 3. The summed E-state index contributed by atoms with van der Waals surface area (Å²) >= 11 is 0. The third-order valence-corrected chi connectivity index (χ3v) is 5.65. The van der Waals surface area contributed by atoms with Crippen molar-refractivity contribution in [1.29, 1.82) is 0 Å². The standard InChI is InChI=1S/C22H33N3O2/c1-22(2,3)21(27)25-13-7-8-17(16-25)20(26)24-14-11-19(12-15-24)23-18-9-5-4-6-10-18/h4-6,9-10,17,19,23H,7-8,11-16H2,1-3H3/t17-/m1/s1. The molecule has 27 heavy (non-hydrogen) atoms. The smallest absolute Gasteiger partial charge is 0.227 e. The molecule has 1 aromatic rings. The fourth-order valence-electron chi connectivity index (χ4n) is 4.11. The van der Waals surface area contributed by atoms with Crippen LogP contribution in [0.1, 0.15) is 46.5 Å². The average Bonchev–Trinajstić information content (AvgIpc) is 2.67. The van der Waals surface area contributed by atoms with Crippen molar-refractivity contribution in [3.05, 3.63) is 30.3 Å². The molecule has 2 amide bonds. The van der Waals surface area contributed by atoms with E-state index in [4.69, 9.17) is 0 Å². The number of amides is 2. The molecule has 0 aliphatic carbocycles. The molecule has 0 unspecified atom stereocenters. The van der Waals surface area contributed by atoms with Gasteiger partial charge in [-0.2, -0.15) is 0 Å². The number of carbonyl (C=O) groups excluding carboxylic acids is 2. The van der Waals surface area contributed by atoms with Crippen LogP contribution >= 0.6 is 0 Å². The normalized spacial score (nSPS) is 21.8. The first-order valence-corrected chi connectivity index (χ1v) is 10.2. The predicted octanol–water partition coefficient (Wildman–Crippen LogP) is 3.37. The lowest BCUT2D eigenvalue weighted by molar-refractivity contribution is -0.145. The Hall–Kier alpha value is -2.04. The number of likely N-dealkylation sites (tertiary alicyclic amines) is 2. The van der Waals surface area contributed by atoms with Crippen molar-refractivity contribution < 1.29 is 9.59 Å². The van der Waals surface area contributed by atoms with E-state index in [0.29, 0.717) is 12.6 Å². The van der Waals surface area contributed by atoms with Crippen LogP contribution in [-0.4, -0.2) is 53.8 Å². The van der Waals surface area contributed by atoms with Crippen LogP contribution in [0.4, 0.5) is 5.69 Å². The Labute approximate surface area is 163 Å². The highest BCUT2D eigenvalue weighted by molar-refractivity contribution is 5.84. The summed E-state index contributed by atoms with van der Waals surface area (Å²) in [6.45, 7) is 8.81. The highest BCUT2D eigenvalue weighted by Gasteiger charge is 2.35. The Bertz CT molecular complexity index is 645. The molecule has 2 fully saturated rings. The molecule has 2 aliphatic rings. The van der Waals surface area contributed by atoms with Gasteiger partial charge in [0, 0.05) is 43.3 Å². The van der Waals surface area contributed by atoms with Crippen molar-refractivity contribution in [1.82, 2.24) is 9.80 Å². The van der Waals surface area contributed by atoms with Crippen LogP contribution in [0.15, 0.2) is 30.3 Å². The second-order valence-corrected chi connectivity index (χ2v) is 8.95. The van der Waals surface area contributed by atoms with Gasteiger partial charge in [0.2, 0.25) is 11.8 Å². The molecule has 0 aromatic heterocycles. The van der Waals surface area contributed by atoms with Crippen molar-refractivity contribution in [2.45, 2.75) is 52.5 Å². The molecule has 2 saturated heterocycles. The van der Waals surface area contributed by atoms with Crippen LogP contribution < -0.4 is 5.32 Å². The minimum Gasteiger partial charge on any atom is -0.382 e. The van der Waals surface area contributed by atoms with Gasteiger partial charge in [0.1, 0.15) is 0 Å². The maximum Gasteiger partial charge on any atom is 0.227 e. The first kappa shape index (κ1) is 19.7. The van der Waals surface area contributed by atoms with Gasteiger partial charge in [-0.25, -0.2) is 0 Å². The third kappa shape index (κ3) is 5.02. The summed E-state index contributed by atoms with van der Waals surface area (Å²) in [7, 11) is 0. The molecular formula is C22H33N3O2. The molecule has 2 aliphatic heterocycles. The number of piperidine rings is 2. The van der Waals surface area contributed by atoms with Gasteiger partial charge in [0.05, 0.1) is 5.92 Å². The number of anilines is 1. The van der Waals surface area contributed by atoms with E-state index in [1.807, 2.05) is 48.8 Å². The van der Waals surface area contributed by atoms with Crippen LogP contribution in [0.5, 0.6) is 0 Å². The molecule has 0 radical (unpaired) electrons. The minimum absolute atomic E-state index is 0.0383. The van der Waals surface area contributed by atoms with E-state index < -0.39 is 0 Å². The number of nitrogens with one attached hydrogen (secondary N) is 1. The molecule has 148 valence electrons. The number of para-hydroxylation sites is 1. The Morgan fingerprint density at radius 3 is 2.26 bits per heavy atom. The zero-order valence-electron chi connectivity index (χ0n) is 16.9. The molecule has 0 bridgehead atoms. The molecule has 0 saturated carbocycles. The van der Waals surface area contributed by atoms with E-state index in [0.717, 1.165) is 51.0 Å². The average molecular weight is 372 g/mol. The van der Waals surface area contributed by atoms with Crippen molar-refractivity contribution >= 4 is 17.5 Å². The summed E-state index contributed by atoms with van der Waals surface area (Å²) in [5.74, 6) is 0.356. The zero-order chi connectivity index (χ0) is 19.4. The Morgan fingerprint density at radius 1 is 0.963 bits per heavy atom. The van der Waals surface area contributed by atoms with Crippen molar-refractivity contribution in [3.63, 3.8) is 0 Å². The highest BCUT2D eigenvalue weighted by atomic mass is 16.2. The lowest BCUT2D eigenvalue weighted by Gasteiger charge is -2.39. The van der Waals surface area contributed by atoms with Gasteiger partial charge in [-0.05, 0) is 37.8 Å². The van der Waals surface area contributed by atoms with E-state index in [1.54, 1.807) is 0 Å². The molecular weight excluding hydrogens is 338 g/mol. The Kier molecular flexibility index (Phi) is 6.08. The Morgan fingerprint density at radius 2 is 1.63 bits per heavy atom. The van der Waals surface area contributed by atoms with Crippen molar-refractivity contribution in [2.75, 3.05) is 31.5 Å². The summed E-state index contributed by atoms with van der Waals surface area (Å²) in [6, 6.07) is 10.7. The second-order valence-electron chi connectivity index (χ2n) is 8.95. The van der Waals surface area contributed by atoms with Crippen LogP contribution in [0.25, 0.3) is 0 Å². The van der Waals surface area contributed by atoms with E-state index in [1.165, 1.54) is 0 Å². The first-order chi connectivity index (χ1) is 12.8. The molecule has 1 aromatic carbocycles. The molecule has 3 rings (SSSR count). The van der Waals surface area contributed by atoms with Gasteiger partial charge in [-0.15, -0.1) is 0 Å². The van der Waals surface area contributed by atoms with Gasteiger partial charge in [-0.3, -0.25) is 9.59 Å². The van der Waals surface area contributed by atoms with Gasteiger partial charge in [-0.1, -0.05) is 39.0 Å². The first-order valence-electron chi connectivity index (χ1n) is 10.2. The zero-order valence-corrected chi connectivity index (χ0v) is 16.9. The molecule has 1 N–H and O–H groups in total. The molecule has 5 nitrogen and oxygen atoms in total. The topological polar surface area (TPSA) is 52.7 Å². The van der Waals surface area contributed by atoms with Crippen LogP contribution in [0.2, 0.25) is 0 Å². The van der Waals surface area contributed by atoms with Crippen molar-refractivity contribution in [3.8, 4) is 0 Å². The summed E-state index contributed by atoms with van der Waals surface area (Å²) in [5, 5.41) is 3.57. The van der Waals surface area contributed by atoms with E-state index in [9.17, 15) is 9.59 Å². The minimum atomic E-state index is -0.383. The number of hydrogen-bond acceptors (Lipinski definition) is 3. The molecule has 5 heteroatoms. The lowest BCUT2D eigenvalue weighted by Crippen LogP contribution is -2.51. The van der Waals surface area contributed by atoms with Gasteiger partial charge in [0.15, 0.2) is 0 Å². The molecule has 2 heterocycles. The van der Waals surface area contributed by atoms with E-state index >= 15 is 0 Å². The maximum absolute atomic E-state index is 13.0. The highest BCUT2D eigenvalue weighted by Crippen LogP contribution is 2.26. The van der Waals surface area contributed by atoms with Gasteiger partial charge >= 0.3 is 0 Å². The lowest BCUT2D eigenvalue weighted by atomic mass is 9.90. The summed E-state index contributed by atoms with van der Waals surface area (Å²) < 4.78 is 0. The maximum atomic E-state index is 13.0. The summed E-state index contributed by atoms with van der Waals surface area (Å²) in [5.41, 5.74) is 0.762. The SMILES string of the molecule is CC(C)(C)C(=O)N1CCC[C@@H](C(=O)N2CCC(Nc3ccccc3)CC2)C1. The summed E-state index contributed by atoms with van der Waals surface area (Å²) in [6.07, 6.45) is 3.76. The van der Waals surface area contributed by atoms with E-state index in [2.05, 4.69) is 17.4 Å². The quantitative estimate of drug-likeness (QED) is 0.886.